The molecule has 1 aliphatic rings. The minimum Gasteiger partial charge on any atom is -0.320 e. The van der Waals surface area contributed by atoms with E-state index in [0.29, 0.717) is 0 Å². The molecule has 1 N–H and O–H groups in total. The molecule has 5 nitrogen and oxygen atoms in total. The van der Waals surface area contributed by atoms with Crippen LogP contribution in [-0.2, 0) is 13.6 Å². The monoisotopic (exact) mass is 265 g/mol. The lowest BCUT2D eigenvalue weighted by Crippen LogP contribution is -2.40. The van der Waals surface area contributed by atoms with Crippen molar-refractivity contribution < 1.29 is 0 Å². The Bertz CT molecular complexity index is 374. The van der Waals surface area contributed by atoms with Crippen molar-refractivity contribution in [1.29, 1.82) is 0 Å². The number of nitrogens with zero attached hydrogens (tertiary/aromatic N) is 4. The molecule has 0 bridgehead atoms. The van der Waals surface area contributed by atoms with E-state index < -0.39 is 0 Å². The largest absolute Gasteiger partial charge is 0.320 e. The van der Waals surface area contributed by atoms with Gasteiger partial charge in [-0.05, 0) is 44.3 Å². The summed E-state index contributed by atoms with van der Waals surface area (Å²) in [4.78, 5) is 2.51. The van der Waals surface area contributed by atoms with Crippen molar-refractivity contribution in [1.82, 2.24) is 25.0 Å². The smallest absolute Gasteiger partial charge is 0.146 e. The summed E-state index contributed by atoms with van der Waals surface area (Å²) in [6.45, 7) is 10.1. The highest BCUT2D eigenvalue weighted by Gasteiger charge is 2.20. The molecule has 1 unspecified atom stereocenters. The van der Waals surface area contributed by atoms with Crippen LogP contribution in [0.1, 0.15) is 32.5 Å². The highest BCUT2D eigenvalue weighted by atomic mass is 15.3. The Morgan fingerprint density at radius 3 is 3.00 bits per heavy atom. The number of likely N-dealkylation sites (tertiary alicyclic amines) is 1. The zero-order valence-electron chi connectivity index (χ0n) is 12.5. The van der Waals surface area contributed by atoms with E-state index >= 15 is 0 Å². The summed E-state index contributed by atoms with van der Waals surface area (Å²) in [5.41, 5.74) is 0. The molecular weight excluding hydrogens is 238 g/mol. The summed E-state index contributed by atoms with van der Waals surface area (Å²) in [6.07, 6.45) is 4.42. The maximum Gasteiger partial charge on any atom is 0.146 e. The first-order chi connectivity index (χ1) is 9.15. The predicted molar refractivity (Wildman–Crippen MR) is 76.7 cm³/mol. The second kappa shape index (κ2) is 7.01. The Labute approximate surface area is 116 Å². The molecule has 1 aliphatic heterocycles. The van der Waals surface area contributed by atoms with Gasteiger partial charge in [0, 0.05) is 13.6 Å². The van der Waals surface area contributed by atoms with Crippen molar-refractivity contribution in [2.45, 2.75) is 33.2 Å². The van der Waals surface area contributed by atoms with Gasteiger partial charge in [0.25, 0.3) is 0 Å². The van der Waals surface area contributed by atoms with E-state index in [2.05, 4.69) is 34.3 Å². The van der Waals surface area contributed by atoms with Crippen LogP contribution in [-0.4, -0.2) is 45.8 Å². The summed E-state index contributed by atoms with van der Waals surface area (Å²) in [5.74, 6) is 2.58. The fourth-order valence-corrected chi connectivity index (χ4v) is 2.69. The van der Waals surface area contributed by atoms with Crippen LogP contribution in [0.4, 0.5) is 0 Å². The van der Waals surface area contributed by atoms with E-state index in [4.69, 9.17) is 0 Å². The summed E-state index contributed by atoms with van der Waals surface area (Å²) in [6, 6.07) is 0. The quantitative estimate of drug-likeness (QED) is 0.841. The van der Waals surface area contributed by atoms with Crippen molar-refractivity contribution in [2.75, 3.05) is 26.2 Å². The van der Waals surface area contributed by atoms with Gasteiger partial charge in [-0.2, -0.15) is 0 Å². The van der Waals surface area contributed by atoms with Crippen molar-refractivity contribution in [2.24, 2.45) is 18.9 Å². The highest BCUT2D eigenvalue weighted by Crippen LogP contribution is 2.17. The van der Waals surface area contributed by atoms with Gasteiger partial charge in [0.2, 0.25) is 0 Å². The number of nitrogens with one attached hydrogen (secondary N) is 1. The molecule has 1 aromatic rings. The standard InChI is InChI=1S/C14H27N5/c1-12(2)7-15-8-13-5-4-6-19(9-13)10-14-17-16-11-18(14)3/h11-13,15H,4-10H2,1-3H3. The van der Waals surface area contributed by atoms with Crippen LogP contribution in [0.25, 0.3) is 0 Å². The number of hydrogen-bond donors (Lipinski definition) is 1. The second-order valence-electron chi connectivity index (χ2n) is 6.15. The SMILES string of the molecule is CC(C)CNCC1CCCN(Cc2nncn2C)C1. The molecule has 1 atom stereocenters. The van der Waals surface area contributed by atoms with Gasteiger partial charge in [-0.1, -0.05) is 13.8 Å². The van der Waals surface area contributed by atoms with E-state index in [1.807, 2.05) is 11.6 Å². The van der Waals surface area contributed by atoms with Crippen LogP contribution < -0.4 is 5.32 Å². The molecule has 2 rings (SSSR count). The second-order valence-corrected chi connectivity index (χ2v) is 6.15. The number of hydrogen-bond acceptors (Lipinski definition) is 4. The minimum absolute atomic E-state index is 0.735. The summed E-state index contributed by atoms with van der Waals surface area (Å²) < 4.78 is 2.01. The summed E-state index contributed by atoms with van der Waals surface area (Å²) in [5, 5.41) is 11.7. The Morgan fingerprint density at radius 2 is 2.32 bits per heavy atom. The topological polar surface area (TPSA) is 46.0 Å². The van der Waals surface area contributed by atoms with Crippen molar-refractivity contribution in [3.05, 3.63) is 12.2 Å². The Morgan fingerprint density at radius 1 is 1.47 bits per heavy atom. The third-order valence-electron chi connectivity index (χ3n) is 3.76. The molecule has 108 valence electrons. The molecule has 2 heterocycles. The van der Waals surface area contributed by atoms with Gasteiger partial charge in [-0.3, -0.25) is 4.90 Å². The number of rotatable bonds is 6. The lowest BCUT2D eigenvalue weighted by Gasteiger charge is -2.32. The van der Waals surface area contributed by atoms with Crippen molar-refractivity contribution in [3.8, 4) is 0 Å². The Kier molecular flexibility index (Phi) is 5.34. The molecule has 1 saturated heterocycles. The van der Waals surface area contributed by atoms with Gasteiger partial charge < -0.3 is 9.88 Å². The molecule has 0 aromatic carbocycles. The van der Waals surface area contributed by atoms with Crippen molar-refractivity contribution in [3.63, 3.8) is 0 Å². The van der Waals surface area contributed by atoms with Gasteiger partial charge in [0.05, 0.1) is 6.54 Å². The summed E-state index contributed by atoms with van der Waals surface area (Å²) in [7, 11) is 2.01. The number of aryl methyl sites for hydroxylation is 1. The molecule has 5 heteroatoms. The van der Waals surface area contributed by atoms with Gasteiger partial charge in [0.15, 0.2) is 0 Å². The minimum atomic E-state index is 0.735. The average molecular weight is 265 g/mol. The molecule has 0 aliphatic carbocycles. The number of aromatic nitrogens is 3. The zero-order valence-corrected chi connectivity index (χ0v) is 12.5. The first-order valence-electron chi connectivity index (χ1n) is 7.41. The maximum atomic E-state index is 4.18. The third-order valence-corrected chi connectivity index (χ3v) is 3.76. The molecular formula is C14H27N5. The Balaban J connectivity index is 1.75. The van der Waals surface area contributed by atoms with Crippen LogP contribution in [0.2, 0.25) is 0 Å². The fourth-order valence-electron chi connectivity index (χ4n) is 2.69. The number of piperidine rings is 1. The highest BCUT2D eigenvalue weighted by molar-refractivity contribution is 4.86. The first-order valence-corrected chi connectivity index (χ1v) is 7.41. The van der Waals surface area contributed by atoms with Crippen LogP contribution in [0.5, 0.6) is 0 Å². The maximum absolute atomic E-state index is 4.18. The summed E-state index contributed by atoms with van der Waals surface area (Å²) >= 11 is 0. The fraction of sp³-hybridized carbons (Fsp3) is 0.857. The lowest BCUT2D eigenvalue weighted by atomic mass is 9.98. The molecule has 19 heavy (non-hydrogen) atoms. The molecule has 1 aromatic heterocycles. The van der Waals surface area contributed by atoms with Crippen LogP contribution in [0.3, 0.4) is 0 Å². The van der Waals surface area contributed by atoms with E-state index in [0.717, 1.165) is 37.3 Å². The van der Waals surface area contributed by atoms with Crippen LogP contribution in [0, 0.1) is 11.8 Å². The predicted octanol–water partition coefficient (Wildman–Crippen LogP) is 1.27. The van der Waals surface area contributed by atoms with E-state index in [9.17, 15) is 0 Å². The molecule has 0 radical (unpaired) electrons. The molecule has 0 spiro atoms. The van der Waals surface area contributed by atoms with E-state index in [1.54, 1.807) is 6.33 Å². The van der Waals surface area contributed by atoms with Gasteiger partial charge in [-0.15, -0.1) is 10.2 Å². The van der Waals surface area contributed by atoms with Gasteiger partial charge in [-0.25, -0.2) is 0 Å². The van der Waals surface area contributed by atoms with Gasteiger partial charge in [0.1, 0.15) is 12.2 Å². The van der Waals surface area contributed by atoms with Gasteiger partial charge >= 0.3 is 0 Å². The average Bonchev–Trinajstić information content (AvgIpc) is 2.75. The third kappa shape index (κ3) is 4.58. The normalized spacial score (nSPS) is 21.2. The van der Waals surface area contributed by atoms with Crippen molar-refractivity contribution >= 4 is 0 Å². The van der Waals surface area contributed by atoms with Crippen LogP contribution >= 0.6 is 0 Å². The zero-order chi connectivity index (χ0) is 13.7. The molecule has 0 amide bonds. The first kappa shape index (κ1) is 14.5. The molecule has 1 fully saturated rings. The molecule has 0 saturated carbocycles. The Hall–Kier alpha value is -0.940. The van der Waals surface area contributed by atoms with E-state index in [-0.39, 0.29) is 0 Å². The van der Waals surface area contributed by atoms with E-state index in [1.165, 1.54) is 25.9 Å². The lowest BCUT2D eigenvalue weighted by molar-refractivity contribution is 0.160. The van der Waals surface area contributed by atoms with Crippen LogP contribution in [0.15, 0.2) is 6.33 Å².